The largest absolute Gasteiger partial charge is 0.497 e. The molecule has 2 heterocycles. The first-order valence-corrected chi connectivity index (χ1v) is 14.5. The summed E-state index contributed by atoms with van der Waals surface area (Å²) in [5.41, 5.74) is 0.0954. The van der Waals surface area contributed by atoms with Gasteiger partial charge in [0, 0.05) is 11.6 Å². The van der Waals surface area contributed by atoms with E-state index >= 15 is 0 Å². The van der Waals surface area contributed by atoms with Gasteiger partial charge >= 0.3 is 11.7 Å². The summed E-state index contributed by atoms with van der Waals surface area (Å²) in [6.45, 7) is 3.46. The summed E-state index contributed by atoms with van der Waals surface area (Å²) in [6, 6.07) is 13.6. The van der Waals surface area contributed by atoms with E-state index < -0.39 is 38.8 Å². The fourth-order valence-corrected chi connectivity index (χ4v) is 5.98. The van der Waals surface area contributed by atoms with Crippen molar-refractivity contribution < 1.29 is 33.6 Å². The number of benzene rings is 3. The van der Waals surface area contributed by atoms with E-state index in [0.717, 1.165) is 29.5 Å². The van der Waals surface area contributed by atoms with Gasteiger partial charge in [-0.3, -0.25) is 29.6 Å². The minimum Gasteiger partial charge on any atom is -0.497 e. The van der Waals surface area contributed by atoms with Crippen LogP contribution in [-0.4, -0.2) is 41.2 Å². The molecule has 5 rings (SSSR count). The lowest BCUT2D eigenvalue weighted by Crippen LogP contribution is -2.40. The van der Waals surface area contributed by atoms with E-state index in [1.807, 2.05) is 0 Å². The predicted octanol–water partition coefficient (Wildman–Crippen LogP) is 4.42. The minimum absolute atomic E-state index is 0.115. The van der Waals surface area contributed by atoms with Gasteiger partial charge in [-0.2, -0.15) is 0 Å². The monoisotopic (exact) mass is 646 g/mol. The van der Waals surface area contributed by atoms with Gasteiger partial charge in [-0.15, -0.1) is 0 Å². The molecule has 46 heavy (non-hydrogen) atoms. The molecular weight excluding hydrogens is 620 g/mol. The Morgan fingerprint density at radius 3 is 2.43 bits per heavy atom. The van der Waals surface area contributed by atoms with Crippen LogP contribution in [0.2, 0.25) is 0 Å². The van der Waals surface area contributed by atoms with Gasteiger partial charge in [0.25, 0.3) is 11.2 Å². The molecule has 0 bridgehead atoms. The maximum atomic E-state index is 14.0. The number of thiazole rings is 1. The Bertz CT molecular complexity index is 2100. The number of hydrogen-bond donors (Lipinski definition) is 0. The number of carbonyl (C=O) groups excluding carboxylic acids is 1. The molecule has 14 nitrogen and oxygen atoms in total. The SMILES string of the molecule is CCOC(=O)C1=C(C)N=c2s/c(=C\c3cccc(Oc4ccc([N+](=O)[O-])cc4[N+](=O)[O-])c3)c(=O)n2[C@H]1c1cc(OC)ccc1OC. The van der Waals surface area contributed by atoms with Crippen molar-refractivity contribution in [3.05, 3.63) is 123 Å². The van der Waals surface area contributed by atoms with Crippen LogP contribution < -0.4 is 29.1 Å². The van der Waals surface area contributed by atoms with E-state index in [9.17, 15) is 29.8 Å². The van der Waals surface area contributed by atoms with Crippen molar-refractivity contribution in [2.24, 2.45) is 4.99 Å². The zero-order chi connectivity index (χ0) is 33.1. The molecule has 236 valence electrons. The molecule has 0 saturated carbocycles. The quantitative estimate of drug-likeness (QED) is 0.136. The van der Waals surface area contributed by atoms with Crippen molar-refractivity contribution in [2.45, 2.75) is 19.9 Å². The van der Waals surface area contributed by atoms with Crippen LogP contribution >= 0.6 is 11.3 Å². The lowest BCUT2D eigenvalue weighted by atomic mass is 9.94. The van der Waals surface area contributed by atoms with Crippen LogP contribution in [0.15, 0.2) is 81.7 Å². The maximum Gasteiger partial charge on any atom is 0.338 e. The first-order valence-electron chi connectivity index (χ1n) is 13.7. The van der Waals surface area contributed by atoms with Crippen molar-refractivity contribution in [3.63, 3.8) is 0 Å². The summed E-state index contributed by atoms with van der Waals surface area (Å²) < 4.78 is 23.8. The van der Waals surface area contributed by atoms with Crippen molar-refractivity contribution in [1.82, 2.24) is 4.57 Å². The summed E-state index contributed by atoms with van der Waals surface area (Å²) in [6.07, 6.45) is 1.60. The van der Waals surface area contributed by atoms with E-state index in [-0.39, 0.29) is 28.2 Å². The lowest BCUT2D eigenvalue weighted by molar-refractivity contribution is -0.394. The lowest BCUT2D eigenvalue weighted by Gasteiger charge is -2.26. The highest BCUT2D eigenvalue weighted by molar-refractivity contribution is 7.07. The highest BCUT2D eigenvalue weighted by atomic mass is 32.1. The van der Waals surface area contributed by atoms with Gasteiger partial charge in [-0.05, 0) is 61.9 Å². The molecule has 0 N–H and O–H groups in total. The smallest absolute Gasteiger partial charge is 0.338 e. The number of nitro benzene ring substituents is 2. The molecule has 0 amide bonds. The van der Waals surface area contributed by atoms with E-state index in [2.05, 4.69) is 4.99 Å². The zero-order valence-corrected chi connectivity index (χ0v) is 25.7. The normalized spacial score (nSPS) is 14.3. The van der Waals surface area contributed by atoms with Gasteiger partial charge in [0.1, 0.15) is 23.3 Å². The van der Waals surface area contributed by atoms with Crippen LogP contribution in [0.4, 0.5) is 11.4 Å². The number of ether oxygens (including phenoxy) is 4. The maximum absolute atomic E-state index is 14.0. The highest BCUT2D eigenvalue weighted by Gasteiger charge is 2.35. The van der Waals surface area contributed by atoms with Crippen LogP contribution in [-0.2, 0) is 9.53 Å². The Labute approximate surface area is 264 Å². The van der Waals surface area contributed by atoms with Gasteiger partial charge in [0.05, 0.1) is 52.5 Å². The zero-order valence-electron chi connectivity index (χ0n) is 24.9. The number of aromatic nitrogens is 1. The third-order valence-electron chi connectivity index (χ3n) is 6.98. The summed E-state index contributed by atoms with van der Waals surface area (Å²) in [5.74, 6) is 0.278. The standard InChI is InChI=1S/C31H26N4O10S/c1-5-44-30(37)27-17(2)32-31-33(28(27)22-16-20(42-3)10-12-24(22)43-4)29(36)26(46-31)14-18-7-6-8-21(13-18)45-25-11-9-19(34(38)39)15-23(25)35(40)41/h6-16,28H,5H2,1-4H3/b26-14-/t28-/m0/s1. The van der Waals surface area contributed by atoms with E-state index in [1.54, 1.807) is 62.4 Å². The molecule has 0 spiro atoms. The van der Waals surface area contributed by atoms with Gasteiger partial charge < -0.3 is 18.9 Å². The van der Waals surface area contributed by atoms with E-state index in [0.29, 0.717) is 33.1 Å². The Morgan fingerprint density at radius 2 is 1.76 bits per heavy atom. The molecule has 0 aliphatic carbocycles. The van der Waals surface area contributed by atoms with Crippen LogP contribution in [0.1, 0.15) is 31.0 Å². The molecule has 0 radical (unpaired) electrons. The Kier molecular flexibility index (Phi) is 8.95. The van der Waals surface area contributed by atoms with Crippen molar-refractivity contribution in [3.8, 4) is 23.0 Å². The highest BCUT2D eigenvalue weighted by Crippen LogP contribution is 2.38. The molecule has 15 heteroatoms. The number of nitro groups is 2. The molecule has 0 fully saturated rings. The summed E-state index contributed by atoms with van der Waals surface area (Å²) in [5, 5.41) is 22.7. The second-order valence-electron chi connectivity index (χ2n) is 9.75. The number of esters is 1. The third-order valence-corrected chi connectivity index (χ3v) is 7.97. The molecule has 1 aliphatic heterocycles. The number of allylic oxidation sites excluding steroid dienone is 1. The fourth-order valence-electron chi connectivity index (χ4n) is 4.93. The van der Waals surface area contributed by atoms with Crippen LogP contribution in [0.5, 0.6) is 23.0 Å². The van der Waals surface area contributed by atoms with Gasteiger partial charge in [0.15, 0.2) is 4.80 Å². The van der Waals surface area contributed by atoms with Crippen molar-refractivity contribution in [2.75, 3.05) is 20.8 Å². The third kappa shape index (κ3) is 6.08. The van der Waals surface area contributed by atoms with Crippen LogP contribution in [0, 0.1) is 20.2 Å². The molecular formula is C31H26N4O10S. The van der Waals surface area contributed by atoms with Crippen LogP contribution in [0.25, 0.3) is 6.08 Å². The molecule has 1 atom stereocenters. The molecule has 4 aromatic rings. The summed E-state index contributed by atoms with van der Waals surface area (Å²) in [7, 11) is 2.98. The molecule has 0 saturated heterocycles. The second kappa shape index (κ2) is 13.0. The topological polar surface area (TPSA) is 175 Å². The molecule has 3 aromatic carbocycles. The van der Waals surface area contributed by atoms with E-state index in [1.165, 1.54) is 18.8 Å². The Hall–Kier alpha value is -5.83. The molecule has 1 aromatic heterocycles. The summed E-state index contributed by atoms with van der Waals surface area (Å²) in [4.78, 5) is 53.4. The number of non-ortho nitro benzene ring substituents is 1. The molecule has 1 aliphatic rings. The number of methoxy groups -OCH3 is 2. The van der Waals surface area contributed by atoms with Gasteiger partial charge in [-0.25, -0.2) is 9.79 Å². The number of nitrogens with zero attached hydrogens (tertiary/aromatic N) is 4. The van der Waals surface area contributed by atoms with Crippen molar-refractivity contribution >= 4 is 34.8 Å². The average Bonchev–Trinajstić information content (AvgIpc) is 3.33. The van der Waals surface area contributed by atoms with Crippen LogP contribution in [0.3, 0.4) is 0 Å². The first kappa shape index (κ1) is 31.6. The average molecular weight is 647 g/mol. The number of fused-ring (bicyclic) bond motifs is 1. The Balaban J connectivity index is 1.62. The van der Waals surface area contributed by atoms with E-state index in [4.69, 9.17) is 18.9 Å². The Morgan fingerprint density at radius 1 is 1.00 bits per heavy atom. The summed E-state index contributed by atoms with van der Waals surface area (Å²) >= 11 is 1.11. The van der Waals surface area contributed by atoms with Gasteiger partial charge in [-0.1, -0.05) is 23.5 Å². The number of carbonyl (C=O) groups is 1. The van der Waals surface area contributed by atoms with Gasteiger partial charge in [0.2, 0.25) is 5.75 Å². The molecule has 0 unspecified atom stereocenters. The number of hydrogen-bond acceptors (Lipinski definition) is 12. The minimum atomic E-state index is -0.945. The fraction of sp³-hybridized carbons (Fsp3) is 0.194. The number of rotatable bonds is 10. The predicted molar refractivity (Wildman–Crippen MR) is 166 cm³/mol. The second-order valence-corrected chi connectivity index (χ2v) is 10.8. The van der Waals surface area contributed by atoms with Crippen molar-refractivity contribution in [1.29, 1.82) is 0 Å². The first-order chi connectivity index (χ1) is 22.1.